The molecule has 0 atom stereocenters. The summed E-state index contributed by atoms with van der Waals surface area (Å²) in [6, 6.07) is 8.15. The Bertz CT molecular complexity index is 889. The van der Waals surface area contributed by atoms with Gasteiger partial charge in [-0.1, -0.05) is 12.1 Å². The van der Waals surface area contributed by atoms with Crippen molar-refractivity contribution in [2.45, 2.75) is 30.6 Å². The lowest BCUT2D eigenvalue weighted by molar-refractivity contribution is -0.385. The van der Waals surface area contributed by atoms with E-state index < -0.39 is 14.9 Å². The van der Waals surface area contributed by atoms with Crippen LogP contribution in [0.15, 0.2) is 40.6 Å². The molecule has 1 fully saturated rings. The molecule has 1 aromatic heterocycles. The molecule has 1 aliphatic heterocycles. The number of sulfonamides is 1. The van der Waals surface area contributed by atoms with E-state index in [0.717, 1.165) is 32.0 Å². The number of hydrogen-bond acceptors (Lipinski definition) is 6. The lowest BCUT2D eigenvalue weighted by Crippen LogP contribution is -2.39. The number of hydrogen-bond donors (Lipinski definition) is 1. The first kappa shape index (κ1) is 19.9. The predicted molar refractivity (Wildman–Crippen MR) is 106 cm³/mol. The Balaban J connectivity index is 1.53. The van der Waals surface area contributed by atoms with Gasteiger partial charge in [0, 0.05) is 30.1 Å². The van der Waals surface area contributed by atoms with Gasteiger partial charge < -0.3 is 4.90 Å². The molecule has 1 aromatic carbocycles. The fourth-order valence-corrected chi connectivity index (χ4v) is 5.56. The van der Waals surface area contributed by atoms with Gasteiger partial charge in [0.05, 0.1) is 9.82 Å². The summed E-state index contributed by atoms with van der Waals surface area (Å²) in [6.45, 7) is 4.44. The standard InChI is InChI=1S/C18H23N3O4S2/c1-14-4-5-16(21(22)23)13-18(14)27(24,25)19-8-11-20-9-6-15(7-10-20)17-3-2-12-26-17/h2-5,12-13,15,19H,6-11H2,1H3. The molecule has 1 aliphatic rings. The minimum Gasteiger partial charge on any atom is -0.302 e. The van der Waals surface area contributed by atoms with E-state index in [0.29, 0.717) is 18.0 Å². The van der Waals surface area contributed by atoms with Crippen molar-refractivity contribution in [2.75, 3.05) is 26.2 Å². The molecular formula is C18H23N3O4S2. The summed E-state index contributed by atoms with van der Waals surface area (Å²) < 4.78 is 27.6. The van der Waals surface area contributed by atoms with Crippen molar-refractivity contribution in [3.8, 4) is 0 Å². The van der Waals surface area contributed by atoms with Crippen molar-refractivity contribution >= 4 is 27.0 Å². The second-order valence-corrected chi connectivity index (χ2v) is 9.45. The average Bonchev–Trinajstić information content (AvgIpc) is 3.17. The maximum Gasteiger partial charge on any atom is 0.270 e. The van der Waals surface area contributed by atoms with Crippen molar-refractivity contribution in [1.29, 1.82) is 0 Å². The quantitative estimate of drug-likeness (QED) is 0.560. The van der Waals surface area contributed by atoms with Crippen LogP contribution in [0.3, 0.4) is 0 Å². The van der Waals surface area contributed by atoms with Gasteiger partial charge in [-0.3, -0.25) is 10.1 Å². The van der Waals surface area contributed by atoms with Crippen molar-refractivity contribution in [1.82, 2.24) is 9.62 Å². The number of benzene rings is 1. The zero-order valence-electron chi connectivity index (χ0n) is 15.1. The van der Waals surface area contributed by atoms with E-state index in [1.165, 1.54) is 17.0 Å². The second kappa shape index (κ2) is 8.47. The molecule has 0 radical (unpaired) electrons. The molecule has 7 nitrogen and oxygen atoms in total. The molecule has 0 aliphatic carbocycles. The first-order chi connectivity index (χ1) is 12.9. The first-order valence-corrected chi connectivity index (χ1v) is 11.2. The van der Waals surface area contributed by atoms with Crippen LogP contribution >= 0.6 is 11.3 Å². The van der Waals surface area contributed by atoms with Crippen molar-refractivity contribution in [3.63, 3.8) is 0 Å². The molecule has 2 aromatic rings. The highest BCUT2D eigenvalue weighted by atomic mass is 32.2. The predicted octanol–water partition coefficient (Wildman–Crippen LogP) is 3.12. The van der Waals surface area contributed by atoms with Gasteiger partial charge in [0.25, 0.3) is 5.69 Å². The molecule has 1 N–H and O–H groups in total. The molecule has 0 saturated carbocycles. The summed E-state index contributed by atoms with van der Waals surface area (Å²) in [4.78, 5) is 14.0. The van der Waals surface area contributed by atoms with Gasteiger partial charge in [-0.25, -0.2) is 13.1 Å². The Morgan fingerprint density at radius 1 is 1.30 bits per heavy atom. The maximum absolute atomic E-state index is 12.5. The van der Waals surface area contributed by atoms with Crippen LogP contribution in [0.5, 0.6) is 0 Å². The monoisotopic (exact) mass is 409 g/mol. The van der Waals surface area contributed by atoms with E-state index in [-0.39, 0.29) is 17.1 Å². The lowest BCUT2D eigenvalue weighted by Gasteiger charge is -2.31. The van der Waals surface area contributed by atoms with E-state index in [1.54, 1.807) is 18.3 Å². The zero-order chi connectivity index (χ0) is 19.4. The van der Waals surface area contributed by atoms with Gasteiger partial charge >= 0.3 is 0 Å². The van der Waals surface area contributed by atoms with E-state index in [2.05, 4.69) is 27.1 Å². The van der Waals surface area contributed by atoms with Crippen LogP contribution in [-0.2, 0) is 10.0 Å². The minimum absolute atomic E-state index is 0.0342. The van der Waals surface area contributed by atoms with Crippen LogP contribution in [-0.4, -0.2) is 44.4 Å². The van der Waals surface area contributed by atoms with E-state index in [1.807, 2.05) is 0 Å². The van der Waals surface area contributed by atoms with Gasteiger partial charge in [-0.05, 0) is 55.8 Å². The van der Waals surface area contributed by atoms with Gasteiger partial charge in [0.2, 0.25) is 10.0 Å². The van der Waals surface area contributed by atoms with Crippen molar-refractivity contribution in [2.24, 2.45) is 0 Å². The van der Waals surface area contributed by atoms with Crippen LogP contribution in [0.2, 0.25) is 0 Å². The Hall–Kier alpha value is -1.81. The smallest absolute Gasteiger partial charge is 0.270 e. The Morgan fingerprint density at radius 3 is 2.67 bits per heavy atom. The number of thiophene rings is 1. The molecule has 0 bridgehead atoms. The molecule has 27 heavy (non-hydrogen) atoms. The molecule has 146 valence electrons. The highest BCUT2D eigenvalue weighted by molar-refractivity contribution is 7.89. The van der Waals surface area contributed by atoms with Gasteiger partial charge in [-0.15, -0.1) is 11.3 Å². The van der Waals surface area contributed by atoms with Crippen molar-refractivity contribution in [3.05, 3.63) is 56.3 Å². The van der Waals surface area contributed by atoms with Crippen LogP contribution in [0, 0.1) is 17.0 Å². The molecule has 9 heteroatoms. The summed E-state index contributed by atoms with van der Waals surface area (Å²) in [5.41, 5.74) is 0.265. The third-order valence-electron chi connectivity index (χ3n) is 4.93. The van der Waals surface area contributed by atoms with Crippen LogP contribution in [0.25, 0.3) is 0 Å². The third-order valence-corrected chi connectivity index (χ3v) is 7.56. The number of nitrogens with zero attached hydrogens (tertiary/aromatic N) is 2. The summed E-state index contributed by atoms with van der Waals surface area (Å²) in [6.07, 6.45) is 2.16. The van der Waals surface area contributed by atoms with E-state index in [9.17, 15) is 18.5 Å². The summed E-state index contributed by atoms with van der Waals surface area (Å²) in [7, 11) is -3.77. The summed E-state index contributed by atoms with van der Waals surface area (Å²) in [5, 5.41) is 13.0. The Kier molecular flexibility index (Phi) is 6.25. The van der Waals surface area contributed by atoms with Gasteiger partial charge in [0.1, 0.15) is 0 Å². The Labute approximate surface area is 163 Å². The third kappa shape index (κ3) is 4.92. The average molecular weight is 410 g/mol. The zero-order valence-corrected chi connectivity index (χ0v) is 16.8. The van der Waals surface area contributed by atoms with Crippen LogP contribution in [0.4, 0.5) is 5.69 Å². The molecule has 2 heterocycles. The highest BCUT2D eigenvalue weighted by Gasteiger charge is 2.23. The van der Waals surface area contributed by atoms with Gasteiger partial charge in [0.15, 0.2) is 0 Å². The molecule has 0 spiro atoms. The summed E-state index contributed by atoms with van der Waals surface area (Å²) >= 11 is 1.80. The van der Waals surface area contributed by atoms with Crippen LogP contribution in [0.1, 0.15) is 29.2 Å². The molecule has 3 rings (SSSR count). The fraction of sp³-hybridized carbons (Fsp3) is 0.444. The molecule has 0 amide bonds. The number of likely N-dealkylation sites (tertiary alicyclic amines) is 1. The topological polar surface area (TPSA) is 92.5 Å². The number of rotatable bonds is 7. The molecule has 1 saturated heterocycles. The summed E-state index contributed by atoms with van der Waals surface area (Å²) in [5.74, 6) is 0.602. The number of nitro benzene ring substituents is 1. The van der Waals surface area contributed by atoms with Gasteiger partial charge in [-0.2, -0.15) is 0 Å². The van der Waals surface area contributed by atoms with E-state index in [4.69, 9.17) is 0 Å². The molecule has 0 unspecified atom stereocenters. The second-order valence-electron chi connectivity index (χ2n) is 6.74. The number of piperidine rings is 1. The van der Waals surface area contributed by atoms with E-state index >= 15 is 0 Å². The Morgan fingerprint density at radius 2 is 2.04 bits per heavy atom. The number of nitrogens with one attached hydrogen (secondary N) is 1. The minimum atomic E-state index is -3.77. The largest absolute Gasteiger partial charge is 0.302 e. The first-order valence-electron chi connectivity index (χ1n) is 8.87. The molecular weight excluding hydrogens is 386 g/mol. The number of nitro groups is 1. The fourth-order valence-electron chi connectivity index (χ4n) is 3.37. The van der Waals surface area contributed by atoms with Crippen LogP contribution < -0.4 is 4.72 Å². The van der Waals surface area contributed by atoms with Crippen molar-refractivity contribution < 1.29 is 13.3 Å². The number of aryl methyl sites for hydroxylation is 1. The lowest BCUT2D eigenvalue weighted by atomic mass is 9.95. The maximum atomic E-state index is 12.5. The normalized spacial score (nSPS) is 16.5. The highest BCUT2D eigenvalue weighted by Crippen LogP contribution is 2.30. The SMILES string of the molecule is Cc1ccc([N+](=O)[O-])cc1S(=O)(=O)NCCN1CCC(c2cccs2)CC1. The number of non-ortho nitro benzene ring substituents is 1.